The lowest BCUT2D eigenvalue weighted by molar-refractivity contribution is 0.282. The van der Waals surface area contributed by atoms with Crippen molar-refractivity contribution in [2.45, 2.75) is 39.0 Å². The van der Waals surface area contributed by atoms with Crippen LogP contribution in [0.1, 0.15) is 38.2 Å². The van der Waals surface area contributed by atoms with Gasteiger partial charge in [0, 0.05) is 0 Å². The maximum atomic E-state index is 10.8. The lowest BCUT2D eigenvalue weighted by atomic mass is 10.1. The van der Waals surface area contributed by atoms with Gasteiger partial charge in [-0.15, -0.1) is 0 Å². The first-order valence-electron chi connectivity index (χ1n) is 5.86. The molecule has 0 fully saturated rings. The van der Waals surface area contributed by atoms with Gasteiger partial charge in [-0.2, -0.15) is 0 Å². The Hall–Kier alpha value is -0.830. The first kappa shape index (κ1) is 14.2. The van der Waals surface area contributed by atoms with Crippen molar-refractivity contribution in [1.29, 1.82) is 0 Å². The molecule has 0 radical (unpaired) electrons. The molecule has 0 atom stereocenters. The van der Waals surface area contributed by atoms with Crippen LogP contribution in [0.3, 0.4) is 0 Å². The number of hydrogen-bond acceptors (Lipinski definition) is 2. The van der Waals surface area contributed by atoms with E-state index in [1.807, 2.05) is 12.1 Å². The van der Waals surface area contributed by atoms with Gasteiger partial charge < -0.3 is 4.52 Å². The largest absolute Gasteiger partial charge is 0.524 e. The highest BCUT2D eigenvalue weighted by Crippen LogP contribution is 2.39. The summed E-state index contributed by atoms with van der Waals surface area (Å²) in [5.74, 6) is 0.289. The van der Waals surface area contributed by atoms with Crippen LogP contribution in [0.4, 0.5) is 0 Å². The molecule has 0 saturated carbocycles. The fourth-order valence-corrected chi connectivity index (χ4v) is 2.10. The maximum Gasteiger partial charge on any atom is 0.524 e. The minimum absolute atomic E-state index is 0.289. The number of aryl methyl sites for hydroxylation is 1. The predicted octanol–water partition coefficient (Wildman–Crippen LogP) is 3.28. The van der Waals surface area contributed by atoms with Gasteiger partial charge in [0.25, 0.3) is 0 Å². The Morgan fingerprint density at radius 1 is 1.18 bits per heavy atom. The second-order valence-corrected chi connectivity index (χ2v) is 5.16. The van der Waals surface area contributed by atoms with Crippen molar-refractivity contribution in [1.82, 2.24) is 0 Å². The Kier molecular flexibility index (Phi) is 5.69. The highest BCUT2D eigenvalue weighted by atomic mass is 31.2. The highest BCUT2D eigenvalue weighted by Gasteiger charge is 2.17. The molecule has 0 unspecified atom stereocenters. The molecular weight excluding hydrogens is 239 g/mol. The highest BCUT2D eigenvalue weighted by molar-refractivity contribution is 7.46. The van der Waals surface area contributed by atoms with Gasteiger partial charge in [-0.05, 0) is 24.5 Å². The zero-order chi connectivity index (χ0) is 12.7. The van der Waals surface area contributed by atoms with E-state index in [1.54, 1.807) is 12.1 Å². The van der Waals surface area contributed by atoms with Crippen molar-refractivity contribution in [2.24, 2.45) is 0 Å². The fraction of sp³-hybridized carbons (Fsp3) is 0.500. The Balaban J connectivity index is 2.61. The van der Waals surface area contributed by atoms with Crippen LogP contribution < -0.4 is 4.52 Å². The Morgan fingerprint density at radius 3 is 2.53 bits per heavy atom. The number of unbranched alkanes of at least 4 members (excludes halogenated alkanes) is 3. The summed E-state index contributed by atoms with van der Waals surface area (Å²) in [5.41, 5.74) is 0.854. The van der Waals surface area contributed by atoms with Crippen molar-refractivity contribution < 1.29 is 18.9 Å². The summed E-state index contributed by atoms with van der Waals surface area (Å²) >= 11 is 0. The van der Waals surface area contributed by atoms with Gasteiger partial charge in [-0.3, -0.25) is 9.79 Å². The van der Waals surface area contributed by atoms with Crippen molar-refractivity contribution in [2.75, 3.05) is 0 Å². The quantitative estimate of drug-likeness (QED) is 0.581. The van der Waals surface area contributed by atoms with Gasteiger partial charge >= 0.3 is 7.82 Å². The summed E-state index contributed by atoms with van der Waals surface area (Å²) in [6.45, 7) is 2.14. The van der Waals surface area contributed by atoms with E-state index in [1.165, 1.54) is 12.8 Å². The van der Waals surface area contributed by atoms with Crippen molar-refractivity contribution in [3.63, 3.8) is 0 Å². The summed E-state index contributed by atoms with van der Waals surface area (Å²) in [6.07, 6.45) is 5.27. The van der Waals surface area contributed by atoms with Crippen LogP contribution in [-0.2, 0) is 11.0 Å². The topological polar surface area (TPSA) is 66.8 Å². The predicted molar refractivity (Wildman–Crippen MR) is 67.0 cm³/mol. The molecule has 4 nitrogen and oxygen atoms in total. The number of phosphoric acid groups is 1. The molecule has 0 heterocycles. The van der Waals surface area contributed by atoms with Gasteiger partial charge in [0.2, 0.25) is 0 Å². The Bertz CT molecular complexity index is 386. The van der Waals surface area contributed by atoms with E-state index >= 15 is 0 Å². The van der Waals surface area contributed by atoms with E-state index in [2.05, 4.69) is 11.4 Å². The molecule has 17 heavy (non-hydrogen) atoms. The van der Waals surface area contributed by atoms with E-state index in [0.29, 0.717) is 0 Å². The van der Waals surface area contributed by atoms with E-state index in [0.717, 1.165) is 24.8 Å². The fourth-order valence-electron chi connectivity index (χ4n) is 1.67. The van der Waals surface area contributed by atoms with Crippen LogP contribution in [0.2, 0.25) is 0 Å². The van der Waals surface area contributed by atoms with Crippen LogP contribution in [0.5, 0.6) is 5.75 Å². The molecule has 0 aromatic heterocycles. The van der Waals surface area contributed by atoms with Gasteiger partial charge in [0.05, 0.1) is 0 Å². The third kappa shape index (κ3) is 5.87. The average molecular weight is 258 g/mol. The van der Waals surface area contributed by atoms with Crippen LogP contribution >= 0.6 is 7.82 Å². The molecule has 96 valence electrons. The molecule has 0 amide bonds. The number of phosphoric ester groups is 1. The molecule has 0 aliphatic heterocycles. The summed E-state index contributed by atoms with van der Waals surface area (Å²) in [6, 6.07) is 6.99. The van der Waals surface area contributed by atoms with E-state index in [9.17, 15) is 4.57 Å². The summed E-state index contributed by atoms with van der Waals surface area (Å²) < 4.78 is 15.5. The first-order chi connectivity index (χ1) is 8.03. The molecule has 0 aliphatic rings. The van der Waals surface area contributed by atoms with Crippen LogP contribution in [0.25, 0.3) is 0 Å². The minimum atomic E-state index is -4.46. The SMILES string of the molecule is CCCCCCc1ccccc1OP(=O)(O)O. The van der Waals surface area contributed by atoms with Gasteiger partial charge in [-0.1, -0.05) is 44.4 Å². The molecule has 0 bridgehead atoms. The van der Waals surface area contributed by atoms with Gasteiger partial charge in [-0.25, -0.2) is 4.57 Å². The molecule has 0 saturated heterocycles. The summed E-state index contributed by atoms with van der Waals surface area (Å²) in [7, 11) is -4.46. The number of benzene rings is 1. The molecule has 2 N–H and O–H groups in total. The second kappa shape index (κ2) is 6.80. The number of rotatable bonds is 7. The normalized spacial score (nSPS) is 11.5. The van der Waals surface area contributed by atoms with E-state index in [-0.39, 0.29) is 5.75 Å². The first-order valence-corrected chi connectivity index (χ1v) is 7.39. The van der Waals surface area contributed by atoms with E-state index < -0.39 is 7.82 Å². The Labute approximate surface area is 102 Å². The van der Waals surface area contributed by atoms with Gasteiger partial charge in [0.1, 0.15) is 5.75 Å². The maximum absolute atomic E-state index is 10.8. The monoisotopic (exact) mass is 258 g/mol. The summed E-state index contributed by atoms with van der Waals surface area (Å²) in [5, 5.41) is 0. The lowest BCUT2D eigenvalue weighted by Crippen LogP contribution is -1.95. The number of hydrogen-bond donors (Lipinski definition) is 2. The molecule has 0 aliphatic carbocycles. The molecular formula is C12H19O4P. The van der Waals surface area contributed by atoms with Gasteiger partial charge in [0.15, 0.2) is 0 Å². The third-order valence-corrected chi connectivity index (χ3v) is 2.92. The average Bonchev–Trinajstić information content (AvgIpc) is 2.24. The van der Waals surface area contributed by atoms with Crippen LogP contribution in [0, 0.1) is 0 Å². The number of para-hydroxylation sites is 1. The smallest absolute Gasteiger partial charge is 0.404 e. The molecule has 1 rings (SSSR count). The Morgan fingerprint density at radius 2 is 1.88 bits per heavy atom. The second-order valence-electron chi connectivity index (χ2n) is 4.00. The lowest BCUT2D eigenvalue weighted by Gasteiger charge is -2.11. The van der Waals surface area contributed by atoms with Crippen molar-refractivity contribution in [3.8, 4) is 5.75 Å². The van der Waals surface area contributed by atoms with Crippen molar-refractivity contribution in [3.05, 3.63) is 29.8 Å². The minimum Gasteiger partial charge on any atom is -0.404 e. The zero-order valence-electron chi connectivity index (χ0n) is 10.0. The van der Waals surface area contributed by atoms with E-state index in [4.69, 9.17) is 9.79 Å². The van der Waals surface area contributed by atoms with Crippen LogP contribution in [0.15, 0.2) is 24.3 Å². The summed E-state index contributed by atoms with van der Waals surface area (Å²) in [4.78, 5) is 17.6. The van der Waals surface area contributed by atoms with Crippen molar-refractivity contribution >= 4 is 7.82 Å². The van der Waals surface area contributed by atoms with Crippen LogP contribution in [-0.4, -0.2) is 9.79 Å². The molecule has 0 spiro atoms. The standard InChI is InChI=1S/C12H19O4P/c1-2-3-4-5-8-11-9-6-7-10-12(11)16-17(13,14)15/h6-7,9-10H,2-5,8H2,1H3,(H2,13,14,15). The molecule has 1 aromatic rings. The molecule has 1 aromatic carbocycles. The third-order valence-electron chi connectivity index (χ3n) is 2.49. The zero-order valence-corrected chi connectivity index (χ0v) is 10.9. The molecule has 5 heteroatoms.